The summed E-state index contributed by atoms with van der Waals surface area (Å²) in [5, 5.41) is 16.0. The first-order valence-corrected chi connectivity index (χ1v) is 5.79. The number of anilines is 2. The van der Waals surface area contributed by atoms with Crippen molar-refractivity contribution in [2.45, 2.75) is 13.5 Å². The van der Waals surface area contributed by atoms with Crippen LogP contribution >= 0.6 is 0 Å². The number of aromatic carboxylic acids is 1. The minimum Gasteiger partial charge on any atom is -0.477 e. The molecule has 0 spiro atoms. The van der Waals surface area contributed by atoms with Gasteiger partial charge in [-0.05, 0) is 24.6 Å². The number of nitrogens with zero attached hydrogens (tertiary/aromatic N) is 3. The largest absolute Gasteiger partial charge is 0.477 e. The van der Waals surface area contributed by atoms with E-state index in [1.807, 2.05) is 13.1 Å². The van der Waals surface area contributed by atoms with Crippen molar-refractivity contribution >= 4 is 17.5 Å². The van der Waals surface area contributed by atoms with Crippen LogP contribution in [0.15, 0.2) is 24.5 Å². The molecule has 0 aliphatic carbocycles. The van der Waals surface area contributed by atoms with E-state index in [1.54, 1.807) is 10.9 Å². The number of carbonyl (C=O) groups is 1. The third-order valence-electron chi connectivity index (χ3n) is 2.54. The second kappa shape index (κ2) is 5.38. The molecule has 0 radical (unpaired) electrons. The maximum Gasteiger partial charge on any atom is 0.354 e. The zero-order valence-electron chi connectivity index (χ0n) is 10.5. The fourth-order valence-corrected chi connectivity index (χ4v) is 1.61. The molecule has 0 aromatic carbocycles. The monoisotopic (exact) mass is 261 g/mol. The van der Waals surface area contributed by atoms with Crippen LogP contribution in [0.25, 0.3) is 0 Å². The van der Waals surface area contributed by atoms with Gasteiger partial charge in [0.2, 0.25) is 0 Å². The molecule has 2 aromatic heterocycles. The molecule has 0 atom stereocenters. The predicted octanol–water partition coefficient (Wildman–Crippen LogP) is 0.979. The minimum absolute atomic E-state index is 0.0355. The molecule has 0 bridgehead atoms. The van der Waals surface area contributed by atoms with E-state index in [0.717, 1.165) is 5.56 Å². The number of nitrogens with one attached hydrogen (secondary N) is 1. The van der Waals surface area contributed by atoms with Gasteiger partial charge in [-0.1, -0.05) is 0 Å². The van der Waals surface area contributed by atoms with Crippen LogP contribution in [0.3, 0.4) is 0 Å². The third kappa shape index (κ3) is 3.21. The maximum atomic E-state index is 10.8. The van der Waals surface area contributed by atoms with Gasteiger partial charge >= 0.3 is 5.97 Å². The van der Waals surface area contributed by atoms with Crippen LogP contribution in [0.5, 0.6) is 0 Å². The lowest BCUT2D eigenvalue weighted by atomic mass is 10.3. The Morgan fingerprint density at radius 2 is 2.32 bits per heavy atom. The summed E-state index contributed by atoms with van der Waals surface area (Å²) in [4.78, 5) is 14.8. The van der Waals surface area contributed by atoms with Gasteiger partial charge in [0.25, 0.3) is 0 Å². The Kier molecular flexibility index (Phi) is 3.65. The first kappa shape index (κ1) is 12.9. The molecule has 0 saturated heterocycles. The van der Waals surface area contributed by atoms with Gasteiger partial charge in [-0.2, -0.15) is 5.10 Å². The molecular formula is C12H15N5O2. The standard InChI is InChI=1S/C12H15N5O2/c1-8-6-15-17(7-8)5-4-14-11-9(13)2-3-10(16-11)12(18)19/h2-3,6-7H,4-5,13H2,1H3,(H,14,16)(H,18,19). The van der Waals surface area contributed by atoms with Crippen molar-refractivity contribution in [3.8, 4) is 0 Å². The molecule has 19 heavy (non-hydrogen) atoms. The summed E-state index contributed by atoms with van der Waals surface area (Å²) in [5.41, 5.74) is 7.20. The zero-order valence-corrected chi connectivity index (χ0v) is 10.5. The van der Waals surface area contributed by atoms with Crippen molar-refractivity contribution in [3.05, 3.63) is 35.8 Å². The number of nitrogen functional groups attached to an aromatic ring is 1. The van der Waals surface area contributed by atoms with E-state index < -0.39 is 5.97 Å². The highest BCUT2D eigenvalue weighted by molar-refractivity contribution is 5.86. The Balaban J connectivity index is 1.99. The van der Waals surface area contributed by atoms with Gasteiger partial charge in [0.15, 0.2) is 5.69 Å². The van der Waals surface area contributed by atoms with Crippen molar-refractivity contribution in [3.63, 3.8) is 0 Å². The SMILES string of the molecule is Cc1cnn(CCNc2nc(C(=O)O)ccc2N)c1. The molecule has 2 heterocycles. The highest BCUT2D eigenvalue weighted by Crippen LogP contribution is 2.15. The van der Waals surface area contributed by atoms with Crippen LogP contribution in [0.1, 0.15) is 16.1 Å². The summed E-state index contributed by atoms with van der Waals surface area (Å²) < 4.78 is 1.79. The summed E-state index contributed by atoms with van der Waals surface area (Å²) in [7, 11) is 0. The molecule has 0 unspecified atom stereocenters. The average molecular weight is 261 g/mol. The van der Waals surface area contributed by atoms with Gasteiger partial charge in [-0.15, -0.1) is 0 Å². The molecule has 0 amide bonds. The van der Waals surface area contributed by atoms with Crippen molar-refractivity contribution in [1.29, 1.82) is 0 Å². The summed E-state index contributed by atoms with van der Waals surface area (Å²) in [5.74, 6) is -0.700. The molecule has 7 heteroatoms. The number of hydrogen-bond acceptors (Lipinski definition) is 5. The summed E-state index contributed by atoms with van der Waals surface area (Å²) in [6.45, 7) is 3.17. The third-order valence-corrected chi connectivity index (χ3v) is 2.54. The Hall–Kier alpha value is -2.57. The number of carboxylic acid groups (broad SMARTS) is 1. The van der Waals surface area contributed by atoms with Crippen LogP contribution in [-0.4, -0.2) is 32.4 Å². The van der Waals surface area contributed by atoms with Crippen LogP contribution in [0.2, 0.25) is 0 Å². The number of rotatable bonds is 5. The number of pyridine rings is 1. The molecule has 2 aromatic rings. The van der Waals surface area contributed by atoms with E-state index in [2.05, 4.69) is 15.4 Å². The van der Waals surface area contributed by atoms with E-state index in [9.17, 15) is 4.79 Å². The molecule has 0 saturated carbocycles. The molecule has 0 aliphatic heterocycles. The molecule has 7 nitrogen and oxygen atoms in total. The van der Waals surface area contributed by atoms with Crippen molar-refractivity contribution in [2.24, 2.45) is 0 Å². The van der Waals surface area contributed by atoms with Gasteiger partial charge in [-0.25, -0.2) is 9.78 Å². The Labute approximate surface area is 110 Å². The van der Waals surface area contributed by atoms with Gasteiger partial charge in [0.1, 0.15) is 5.82 Å². The van der Waals surface area contributed by atoms with E-state index in [1.165, 1.54) is 12.1 Å². The van der Waals surface area contributed by atoms with Crippen molar-refractivity contribution < 1.29 is 9.90 Å². The number of aryl methyl sites for hydroxylation is 1. The summed E-state index contributed by atoms with van der Waals surface area (Å²) in [6, 6.07) is 2.90. The number of nitrogens with two attached hydrogens (primary N) is 1. The molecule has 100 valence electrons. The highest BCUT2D eigenvalue weighted by Gasteiger charge is 2.08. The zero-order chi connectivity index (χ0) is 13.8. The Morgan fingerprint density at radius 1 is 1.53 bits per heavy atom. The lowest BCUT2D eigenvalue weighted by molar-refractivity contribution is 0.0690. The second-order valence-corrected chi connectivity index (χ2v) is 4.15. The van der Waals surface area contributed by atoms with E-state index in [-0.39, 0.29) is 5.69 Å². The average Bonchev–Trinajstić information content (AvgIpc) is 2.77. The number of carboxylic acids is 1. The van der Waals surface area contributed by atoms with Gasteiger partial charge in [0, 0.05) is 12.7 Å². The molecule has 2 rings (SSSR count). The van der Waals surface area contributed by atoms with Gasteiger partial charge in [-0.3, -0.25) is 4.68 Å². The summed E-state index contributed by atoms with van der Waals surface area (Å²) >= 11 is 0. The number of aromatic nitrogens is 3. The minimum atomic E-state index is -1.08. The maximum absolute atomic E-state index is 10.8. The van der Waals surface area contributed by atoms with Crippen LogP contribution in [0.4, 0.5) is 11.5 Å². The Morgan fingerprint density at radius 3 is 2.95 bits per heavy atom. The van der Waals surface area contributed by atoms with Gasteiger partial charge in [0.05, 0.1) is 18.4 Å². The smallest absolute Gasteiger partial charge is 0.354 e. The van der Waals surface area contributed by atoms with Crippen LogP contribution in [-0.2, 0) is 6.54 Å². The summed E-state index contributed by atoms with van der Waals surface area (Å²) in [6.07, 6.45) is 3.70. The fourth-order valence-electron chi connectivity index (χ4n) is 1.61. The van der Waals surface area contributed by atoms with Crippen LogP contribution in [0, 0.1) is 6.92 Å². The van der Waals surface area contributed by atoms with Crippen molar-refractivity contribution in [1.82, 2.24) is 14.8 Å². The molecule has 0 fully saturated rings. The first-order chi connectivity index (χ1) is 9.06. The van der Waals surface area contributed by atoms with E-state index in [4.69, 9.17) is 10.8 Å². The normalized spacial score (nSPS) is 10.4. The van der Waals surface area contributed by atoms with Crippen LogP contribution < -0.4 is 11.1 Å². The van der Waals surface area contributed by atoms with Gasteiger partial charge < -0.3 is 16.2 Å². The lowest BCUT2D eigenvalue weighted by Crippen LogP contribution is -2.14. The lowest BCUT2D eigenvalue weighted by Gasteiger charge is -2.09. The Bertz CT molecular complexity index is 594. The number of hydrogen-bond donors (Lipinski definition) is 3. The molecule has 4 N–H and O–H groups in total. The second-order valence-electron chi connectivity index (χ2n) is 4.15. The van der Waals surface area contributed by atoms with Crippen molar-refractivity contribution in [2.75, 3.05) is 17.6 Å². The van der Waals surface area contributed by atoms with E-state index in [0.29, 0.717) is 24.6 Å². The van der Waals surface area contributed by atoms with E-state index >= 15 is 0 Å². The predicted molar refractivity (Wildman–Crippen MR) is 71.1 cm³/mol. The highest BCUT2D eigenvalue weighted by atomic mass is 16.4. The molecule has 0 aliphatic rings. The fraction of sp³-hybridized carbons (Fsp3) is 0.250. The topological polar surface area (TPSA) is 106 Å². The first-order valence-electron chi connectivity index (χ1n) is 5.79. The quantitative estimate of drug-likeness (QED) is 0.740. The molecular weight excluding hydrogens is 246 g/mol.